The maximum absolute atomic E-state index is 13.0. The first-order valence-electron chi connectivity index (χ1n) is 11.4. The van der Waals surface area contributed by atoms with Crippen molar-refractivity contribution in [2.24, 2.45) is 11.8 Å². The number of nitrogens with zero attached hydrogens (tertiary/aromatic N) is 2. The lowest BCUT2D eigenvalue weighted by atomic mass is 9.82. The number of imide groups is 1. The average molecular weight is 452 g/mol. The second-order valence-electron chi connectivity index (χ2n) is 8.95. The predicted molar refractivity (Wildman–Crippen MR) is 130 cm³/mol. The molecule has 0 bridgehead atoms. The number of nitrogens with one attached hydrogen (secondary N) is 1. The minimum absolute atomic E-state index is 0.176. The first kappa shape index (κ1) is 21.8. The molecule has 2 aliphatic rings. The van der Waals surface area contributed by atoms with Gasteiger partial charge >= 0.3 is 0 Å². The molecule has 34 heavy (non-hydrogen) atoms. The van der Waals surface area contributed by atoms with Gasteiger partial charge < -0.3 is 5.32 Å². The SMILES string of the molecule is CC1=CC[C@H]2C(=O)N(c3cccc(C(=O)Nc4ccc(Cc5ccncc5)cc4)c3)C(=O)[C@H]2C1. The highest BCUT2D eigenvalue weighted by Gasteiger charge is 2.48. The maximum Gasteiger partial charge on any atom is 0.255 e. The lowest BCUT2D eigenvalue weighted by Gasteiger charge is -2.18. The highest BCUT2D eigenvalue weighted by atomic mass is 16.2. The first-order chi connectivity index (χ1) is 16.5. The number of benzene rings is 2. The number of hydrogen-bond acceptors (Lipinski definition) is 4. The van der Waals surface area contributed by atoms with Crippen molar-refractivity contribution in [3.63, 3.8) is 0 Å². The van der Waals surface area contributed by atoms with Crippen LogP contribution < -0.4 is 10.2 Å². The summed E-state index contributed by atoms with van der Waals surface area (Å²) >= 11 is 0. The van der Waals surface area contributed by atoms with Crippen LogP contribution in [-0.4, -0.2) is 22.7 Å². The molecule has 1 aliphatic heterocycles. The maximum atomic E-state index is 13.0. The molecular formula is C28H25N3O3. The zero-order valence-corrected chi connectivity index (χ0v) is 18.9. The third-order valence-electron chi connectivity index (χ3n) is 6.56. The van der Waals surface area contributed by atoms with Crippen molar-refractivity contribution in [3.05, 3.63) is 101 Å². The van der Waals surface area contributed by atoms with Crippen LogP contribution in [0.25, 0.3) is 0 Å². The van der Waals surface area contributed by atoms with E-state index < -0.39 is 0 Å². The molecule has 1 aliphatic carbocycles. The molecule has 5 rings (SSSR count). The number of hydrogen-bond donors (Lipinski definition) is 1. The van der Waals surface area contributed by atoms with Gasteiger partial charge in [-0.1, -0.05) is 29.8 Å². The normalized spacial score (nSPS) is 19.6. The molecule has 0 saturated carbocycles. The molecular weight excluding hydrogens is 426 g/mol. The van der Waals surface area contributed by atoms with Gasteiger partial charge in [0.1, 0.15) is 0 Å². The van der Waals surface area contributed by atoms with Crippen LogP contribution in [0.15, 0.2) is 84.7 Å². The van der Waals surface area contributed by atoms with Crippen LogP contribution in [0.2, 0.25) is 0 Å². The molecule has 3 amide bonds. The quantitative estimate of drug-likeness (QED) is 0.448. The van der Waals surface area contributed by atoms with Crippen LogP contribution >= 0.6 is 0 Å². The van der Waals surface area contributed by atoms with Gasteiger partial charge in [-0.05, 0) is 79.8 Å². The van der Waals surface area contributed by atoms with Crippen molar-refractivity contribution in [1.82, 2.24) is 4.98 Å². The zero-order chi connectivity index (χ0) is 23.7. The number of pyridine rings is 1. The molecule has 1 N–H and O–H groups in total. The van der Waals surface area contributed by atoms with Gasteiger partial charge in [-0.15, -0.1) is 0 Å². The van der Waals surface area contributed by atoms with E-state index in [4.69, 9.17) is 0 Å². The topological polar surface area (TPSA) is 79.4 Å². The van der Waals surface area contributed by atoms with Crippen LogP contribution in [-0.2, 0) is 16.0 Å². The summed E-state index contributed by atoms with van der Waals surface area (Å²) in [6.45, 7) is 1.99. The number of amides is 3. The Labute approximate surface area is 198 Å². The summed E-state index contributed by atoms with van der Waals surface area (Å²) in [4.78, 5) is 44.2. The van der Waals surface area contributed by atoms with E-state index in [1.165, 1.54) is 10.5 Å². The summed E-state index contributed by atoms with van der Waals surface area (Å²) < 4.78 is 0. The van der Waals surface area contributed by atoms with Crippen LogP contribution in [0.4, 0.5) is 11.4 Å². The Balaban J connectivity index is 1.29. The third kappa shape index (κ3) is 4.27. The fourth-order valence-corrected chi connectivity index (χ4v) is 4.72. The van der Waals surface area contributed by atoms with E-state index in [0.717, 1.165) is 17.6 Å². The van der Waals surface area contributed by atoms with E-state index in [9.17, 15) is 14.4 Å². The van der Waals surface area contributed by atoms with E-state index in [-0.39, 0.29) is 29.6 Å². The first-order valence-corrected chi connectivity index (χ1v) is 11.4. The summed E-state index contributed by atoms with van der Waals surface area (Å²) in [6, 6.07) is 18.3. The summed E-state index contributed by atoms with van der Waals surface area (Å²) in [5, 5.41) is 2.90. The zero-order valence-electron chi connectivity index (χ0n) is 18.9. The monoisotopic (exact) mass is 451 g/mol. The van der Waals surface area contributed by atoms with Gasteiger partial charge in [0, 0.05) is 23.6 Å². The largest absolute Gasteiger partial charge is 0.322 e. The van der Waals surface area contributed by atoms with Gasteiger partial charge in [0.2, 0.25) is 11.8 Å². The Bertz CT molecular complexity index is 1280. The van der Waals surface area contributed by atoms with Crippen LogP contribution in [0.1, 0.15) is 41.3 Å². The Hall–Kier alpha value is -4.06. The standard InChI is InChI=1S/C28H25N3O3/c1-18-5-10-24-25(15-18)28(34)31(27(24)33)23-4-2-3-21(17-23)26(32)30-22-8-6-19(7-9-22)16-20-11-13-29-14-12-20/h2-9,11-14,17,24-25H,10,15-16H2,1H3,(H,30,32)/t24-,25+/m1/s1. The lowest BCUT2D eigenvalue weighted by molar-refractivity contribution is -0.122. The van der Waals surface area contributed by atoms with Crippen molar-refractivity contribution in [2.45, 2.75) is 26.2 Å². The van der Waals surface area contributed by atoms with Crippen molar-refractivity contribution < 1.29 is 14.4 Å². The lowest BCUT2D eigenvalue weighted by Crippen LogP contribution is -2.31. The Morgan fingerprint density at radius 1 is 0.971 bits per heavy atom. The molecule has 2 atom stereocenters. The van der Waals surface area contributed by atoms with Gasteiger partial charge in [-0.25, -0.2) is 0 Å². The van der Waals surface area contributed by atoms with E-state index in [0.29, 0.717) is 29.8 Å². The number of anilines is 2. The van der Waals surface area contributed by atoms with E-state index in [2.05, 4.69) is 10.3 Å². The number of fused-ring (bicyclic) bond motifs is 1. The Morgan fingerprint density at radius 3 is 2.44 bits per heavy atom. The third-order valence-corrected chi connectivity index (χ3v) is 6.56. The molecule has 1 fully saturated rings. The number of carbonyl (C=O) groups is 3. The molecule has 0 spiro atoms. The number of carbonyl (C=O) groups excluding carboxylic acids is 3. The Morgan fingerprint density at radius 2 is 1.68 bits per heavy atom. The van der Waals surface area contributed by atoms with E-state index in [1.54, 1.807) is 36.7 Å². The molecule has 0 unspecified atom stereocenters. The molecule has 1 aromatic heterocycles. The molecule has 0 radical (unpaired) electrons. The van der Waals surface area contributed by atoms with Crippen molar-refractivity contribution >= 4 is 29.1 Å². The summed E-state index contributed by atoms with van der Waals surface area (Å²) in [6.07, 6.45) is 7.58. The van der Waals surface area contributed by atoms with Crippen molar-refractivity contribution in [2.75, 3.05) is 10.2 Å². The molecule has 2 heterocycles. The predicted octanol–water partition coefficient (Wildman–Crippen LogP) is 4.77. The van der Waals surface area contributed by atoms with Gasteiger partial charge in [0.05, 0.1) is 17.5 Å². The second-order valence-corrected chi connectivity index (χ2v) is 8.95. The van der Waals surface area contributed by atoms with Crippen molar-refractivity contribution in [1.29, 1.82) is 0 Å². The summed E-state index contributed by atoms with van der Waals surface area (Å²) in [5.74, 6) is -1.26. The second kappa shape index (κ2) is 9.06. The molecule has 3 aromatic rings. The molecule has 1 saturated heterocycles. The highest BCUT2D eigenvalue weighted by Crippen LogP contribution is 2.39. The highest BCUT2D eigenvalue weighted by molar-refractivity contribution is 6.22. The summed E-state index contributed by atoms with van der Waals surface area (Å²) in [7, 11) is 0. The Kier molecular flexibility index (Phi) is 5.80. The molecule has 2 aromatic carbocycles. The van der Waals surface area contributed by atoms with Gasteiger partial charge in [0.15, 0.2) is 0 Å². The smallest absolute Gasteiger partial charge is 0.255 e. The number of aromatic nitrogens is 1. The van der Waals surface area contributed by atoms with Crippen LogP contribution in [0, 0.1) is 11.8 Å². The number of allylic oxidation sites excluding steroid dienone is 2. The summed E-state index contributed by atoms with van der Waals surface area (Å²) in [5.41, 5.74) is 4.95. The minimum atomic E-state index is -0.306. The van der Waals surface area contributed by atoms with E-state index >= 15 is 0 Å². The van der Waals surface area contributed by atoms with E-state index in [1.807, 2.05) is 49.4 Å². The van der Waals surface area contributed by atoms with Crippen molar-refractivity contribution in [3.8, 4) is 0 Å². The fourth-order valence-electron chi connectivity index (χ4n) is 4.72. The van der Waals surface area contributed by atoms with Crippen LogP contribution in [0.3, 0.4) is 0 Å². The molecule has 170 valence electrons. The molecule has 6 heteroatoms. The fraction of sp³-hybridized carbons (Fsp3) is 0.214. The average Bonchev–Trinajstić information content (AvgIpc) is 3.10. The van der Waals surface area contributed by atoms with Gasteiger partial charge in [0.25, 0.3) is 5.91 Å². The van der Waals surface area contributed by atoms with Gasteiger partial charge in [-0.3, -0.25) is 24.3 Å². The number of rotatable bonds is 5. The van der Waals surface area contributed by atoms with Crippen LogP contribution in [0.5, 0.6) is 0 Å². The van der Waals surface area contributed by atoms with Gasteiger partial charge in [-0.2, -0.15) is 0 Å². The molecule has 6 nitrogen and oxygen atoms in total. The minimum Gasteiger partial charge on any atom is -0.322 e.